The average Bonchev–Trinajstić information content (AvgIpc) is 2.87. The van der Waals surface area contributed by atoms with Crippen molar-refractivity contribution in [3.63, 3.8) is 0 Å². The number of fused-ring (bicyclic) bond motifs is 1. The average molecular weight is 295 g/mol. The first kappa shape index (κ1) is 11.3. The first-order valence-corrected chi connectivity index (χ1v) is 6.86. The number of carboxylic acids is 1. The summed E-state index contributed by atoms with van der Waals surface area (Å²) in [6, 6.07) is 8.02. The molecule has 3 heteroatoms. The van der Waals surface area contributed by atoms with E-state index in [2.05, 4.69) is 15.9 Å². The first-order valence-electron chi connectivity index (χ1n) is 6.07. The molecule has 90 valence electrons. The van der Waals surface area contributed by atoms with E-state index >= 15 is 0 Å². The molecule has 0 spiro atoms. The summed E-state index contributed by atoms with van der Waals surface area (Å²) in [4.78, 5) is 11.6. The number of carbonyl (C=O) groups is 1. The maximum absolute atomic E-state index is 11.6. The summed E-state index contributed by atoms with van der Waals surface area (Å²) in [6.07, 6.45) is 3.68. The molecule has 1 N–H and O–H groups in total. The fraction of sp³-hybridized carbons (Fsp3) is 0.500. The number of aliphatic carboxylic acids is 1. The van der Waals surface area contributed by atoms with Crippen molar-refractivity contribution in [2.45, 2.75) is 25.7 Å². The van der Waals surface area contributed by atoms with E-state index in [-0.39, 0.29) is 0 Å². The van der Waals surface area contributed by atoms with Gasteiger partial charge in [-0.15, -0.1) is 0 Å². The Labute approximate surface area is 109 Å². The SMILES string of the molecule is O=C(O)C1(Cc2cccc(Br)c2)CC2CC2C1. The van der Waals surface area contributed by atoms with Crippen LogP contribution in [0.4, 0.5) is 0 Å². The van der Waals surface area contributed by atoms with Crippen molar-refractivity contribution in [2.24, 2.45) is 17.3 Å². The number of rotatable bonds is 3. The summed E-state index contributed by atoms with van der Waals surface area (Å²) in [7, 11) is 0. The van der Waals surface area contributed by atoms with Crippen molar-refractivity contribution in [3.05, 3.63) is 34.3 Å². The monoisotopic (exact) mass is 294 g/mol. The highest BCUT2D eigenvalue weighted by Crippen LogP contribution is 2.60. The summed E-state index contributed by atoms with van der Waals surface area (Å²) >= 11 is 3.44. The zero-order chi connectivity index (χ0) is 12.0. The van der Waals surface area contributed by atoms with Gasteiger partial charge in [0.05, 0.1) is 5.41 Å². The summed E-state index contributed by atoms with van der Waals surface area (Å²) in [5, 5.41) is 9.52. The van der Waals surface area contributed by atoms with Crippen LogP contribution in [0.3, 0.4) is 0 Å². The van der Waals surface area contributed by atoms with Crippen molar-refractivity contribution in [2.75, 3.05) is 0 Å². The van der Waals surface area contributed by atoms with Crippen molar-refractivity contribution in [3.8, 4) is 0 Å². The lowest BCUT2D eigenvalue weighted by molar-refractivity contribution is -0.149. The molecule has 2 atom stereocenters. The van der Waals surface area contributed by atoms with Gasteiger partial charge in [0.25, 0.3) is 0 Å². The molecule has 2 aliphatic rings. The largest absolute Gasteiger partial charge is 0.481 e. The van der Waals surface area contributed by atoms with E-state index in [9.17, 15) is 9.90 Å². The van der Waals surface area contributed by atoms with Crippen LogP contribution in [0, 0.1) is 17.3 Å². The van der Waals surface area contributed by atoms with Gasteiger partial charge in [-0.2, -0.15) is 0 Å². The van der Waals surface area contributed by atoms with E-state index in [1.165, 1.54) is 6.42 Å². The Kier molecular flexibility index (Phi) is 2.54. The van der Waals surface area contributed by atoms with Gasteiger partial charge in [0.15, 0.2) is 0 Å². The minimum atomic E-state index is -0.607. The molecular formula is C14H15BrO2. The van der Waals surface area contributed by atoms with Gasteiger partial charge < -0.3 is 5.11 Å². The maximum atomic E-state index is 11.6. The van der Waals surface area contributed by atoms with E-state index in [1.54, 1.807) is 0 Å². The third kappa shape index (κ3) is 2.01. The Morgan fingerprint density at radius 1 is 1.41 bits per heavy atom. The first-order chi connectivity index (χ1) is 8.09. The van der Waals surface area contributed by atoms with Crippen LogP contribution < -0.4 is 0 Å². The molecule has 0 aromatic heterocycles. The molecule has 1 aromatic carbocycles. The molecular weight excluding hydrogens is 280 g/mol. The van der Waals surface area contributed by atoms with Crippen molar-refractivity contribution in [1.29, 1.82) is 0 Å². The van der Waals surface area contributed by atoms with Gasteiger partial charge >= 0.3 is 5.97 Å². The molecule has 3 rings (SSSR count). The number of hydrogen-bond acceptors (Lipinski definition) is 1. The molecule has 0 radical (unpaired) electrons. The minimum Gasteiger partial charge on any atom is -0.481 e. The van der Waals surface area contributed by atoms with E-state index < -0.39 is 11.4 Å². The second-order valence-electron chi connectivity index (χ2n) is 5.56. The molecule has 0 bridgehead atoms. The highest BCUT2D eigenvalue weighted by Gasteiger charge is 2.57. The van der Waals surface area contributed by atoms with Crippen LogP contribution in [0.25, 0.3) is 0 Å². The molecule has 1 aromatic rings. The van der Waals surface area contributed by atoms with Crippen LogP contribution in [-0.4, -0.2) is 11.1 Å². The van der Waals surface area contributed by atoms with Crippen LogP contribution >= 0.6 is 15.9 Å². The Hall–Kier alpha value is -0.830. The van der Waals surface area contributed by atoms with Gasteiger partial charge in [-0.05, 0) is 55.2 Å². The van der Waals surface area contributed by atoms with Gasteiger partial charge in [-0.25, -0.2) is 0 Å². The molecule has 2 unspecified atom stereocenters. The number of carboxylic acid groups (broad SMARTS) is 1. The zero-order valence-corrected chi connectivity index (χ0v) is 11.1. The molecule has 0 aliphatic heterocycles. The third-order valence-electron chi connectivity index (χ3n) is 4.26. The fourth-order valence-corrected chi connectivity index (χ4v) is 3.78. The van der Waals surface area contributed by atoms with Gasteiger partial charge in [0.2, 0.25) is 0 Å². The number of benzene rings is 1. The predicted octanol–water partition coefficient (Wildman–Crippen LogP) is 3.49. The van der Waals surface area contributed by atoms with Crippen LogP contribution in [0.15, 0.2) is 28.7 Å². The van der Waals surface area contributed by atoms with Crippen LogP contribution in [0.2, 0.25) is 0 Å². The maximum Gasteiger partial charge on any atom is 0.309 e. The van der Waals surface area contributed by atoms with Crippen LogP contribution in [0.1, 0.15) is 24.8 Å². The lowest BCUT2D eigenvalue weighted by Crippen LogP contribution is -2.31. The summed E-state index contributed by atoms with van der Waals surface area (Å²) < 4.78 is 1.03. The topological polar surface area (TPSA) is 37.3 Å². The molecule has 0 amide bonds. The summed E-state index contributed by atoms with van der Waals surface area (Å²) in [5.41, 5.74) is 0.636. The molecule has 2 nitrogen and oxygen atoms in total. The zero-order valence-electron chi connectivity index (χ0n) is 9.53. The Bertz CT molecular complexity index is 459. The second kappa shape index (κ2) is 3.84. The molecule has 2 fully saturated rings. The smallest absolute Gasteiger partial charge is 0.309 e. The van der Waals surface area contributed by atoms with Crippen LogP contribution in [0.5, 0.6) is 0 Å². The van der Waals surface area contributed by atoms with Gasteiger partial charge in [-0.1, -0.05) is 28.1 Å². The quantitative estimate of drug-likeness (QED) is 0.926. The second-order valence-corrected chi connectivity index (χ2v) is 6.47. The fourth-order valence-electron chi connectivity index (χ4n) is 3.33. The third-order valence-corrected chi connectivity index (χ3v) is 4.75. The summed E-state index contributed by atoms with van der Waals surface area (Å²) in [5.74, 6) is 0.779. The molecule has 17 heavy (non-hydrogen) atoms. The standard InChI is InChI=1S/C14H15BrO2/c15-12-3-1-2-9(4-12)6-14(13(16)17)7-10-5-11(10)8-14/h1-4,10-11H,5-8H2,(H,16,17). The number of hydrogen-bond donors (Lipinski definition) is 1. The molecule has 2 saturated carbocycles. The summed E-state index contributed by atoms with van der Waals surface area (Å²) in [6.45, 7) is 0. The lowest BCUT2D eigenvalue weighted by Gasteiger charge is -2.26. The Morgan fingerprint density at radius 3 is 2.71 bits per heavy atom. The Morgan fingerprint density at radius 2 is 2.12 bits per heavy atom. The van der Waals surface area contributed by atoms with E-state index in [4.69, 9.17) is 0 Å². The van der Waals surface area contributed by atoms with E-state index in [1.807, 2.05) is 24.3 Å². The normalized spacial score (nSPS) is 34.4. The van der Waals surface area contributed by atoms with Crippen molar-refractivity contribution in [1.82, 2.24) is 0 Å². The number of halogens is 1. The van der Waals surface area contributed by atoms with Gasteiger partial charge in [0, 0.05) is 4.47 Å². The molecule has 2 aliphatic carbocycles. The predicted molar refractivity (Wildman–Crippen MR) is 68.7 cm³/mol. The van der Waals surface area contributed by atoms with Gasteiger partial charge in [0.1, 0.15) is 0 Å². The highest BCUT2D eigenvalue weighted by molar-refractivity contribution is 9.10. The van der Waals surface area contributed by atoms with Gasteiger partial charge in [-0.3, -0.25) is 4.79 Å². The van der Waals surface area contributed by atoms with Crippen LogP contribution in [-0.2, 0) is 11.2 Å². The van der Waals surface area contributed by atoms with E-state index in [0.29, 0.717) is 18.3 Å². The Balaban J connectivity index is 1.84. The van der Waals surface area contributed by atoms with Crippen molar-refractivity contribution >= 4 is 21.9 Å². The van der Waals surface area contributed by atoms with Crippen molar-refractivity contribution < 1.29 is 9.90 Å². The molecule has 0 saturated heterocycles. The lowest BCUT2D eigenvalue weighted by atomic mass is 9.77. The van der Waals surface area contributed by atoms with E-state index in [0.717, 1.165) is 22.9 Å². The molecule has 0 heterocycles. The highest BCUT2D eigenvalue weighted by atomic mass is 79.9. The minimum absolute atomic E-state index is 0.492.